The molecule has 0 radical (unpaired) electrons. The number of hydrogen-bond acceptors (Lipinski definition) is 6. The Morgan fingerprint density at radius 1 is 0.868 bits per heavy atom. The summed E-state index contributed by atoms with van der Waals surface area (Å²) in [6.45, 7) is 4.49. The summed E-state index contributed by atoms with van der Waals surface area (Å²) in [5, 5.41) is 1.19. The van der Waals surface area contributed by atoms with Gasteiger partial charge in [0.1, 0.15) is 11.5 Å². The molecule has 0 amide bonds. The van der Waals surface area contributed by atoms with E-state index in [2.05, 4.69) is 81.0 Å². The van der Waals surface area contributed by atoms with Crippen LogP contribution in [0.5, 0.6) is 0 Å². The molecule has 6 rings (SSSR count). The van der Waals surface area contributed by atoms with Crippen molar-refractivity contribution in [3.63, 3.8) is 0 Å². The Labute approximate surface area is 225 Å². The third-order valence-corrected chi connectivity index (χ3v) is 9.29. The second-order valence-electron chi connectivity index (χ2n) is 10.7. The lowest BCUT2D eigenvalue weighted by atomic mass is 9.85. The average Bonchev–Trinajstić information content (AvgIpc) is 3.31. The second kappa shape index (κ2) is 10.1. The number of hydrogen-bond donors (Lipinski definition) is 0. The maximum atomic E-state index is 11.8. The van der Waals surface area contributed by atoms with Crippen LogP contribution in [0.25, 0.3) is 11.0 Å². The van der Waals surface area contributed by atoms with Crippen molar-refractivity contribution in [1.29, 1.82) is 0 Å². The molecule has 198 valence electrons. The maximum absolute atomic E-state index is 11.8. The van der Waals surface area contributed by atoms with Crippen molar-refractivity contribution in [3.05, 3.63) is 84.6 Å². The van der Waals surface area contributed by atoms with Crippen molar-refractivity contribution in [2.45, 2.75) is 36.4 Å². The number of aromatic nitrogens is 2. The highest BCUT2D eigenvalue weighted by molar-refractivity contribution is 7.90. The van der Waals surface area contributed by atoms with Gasteiger partial charge in [-0.3, -0.25) is 4.90 Å². The lowest BCUT2D eigenvalue weighted by Crippen LogP contribution is -2.46. The zero-order valence-corrected chi connectivity index (χ0v) is 22.9. The molecular formula is C30H35N5O2S. The van der Waals surface area contributed by atoms with E-state index in [1.807, 2.05) is 12.1 Å². The first-order valence-corrected chi connectivity index (χ1v) is 15.3. The molecule has 8 heteroatoms. The van der Waals surface area contributed by atoms with E-state index < -0.39 is 9.84 Å². The highest BCUT2D eigenvalue weighted by Gasteiger charge is 2.34. The fourth-order valence-electron chi connectivity index (χ4n) is 5.73. The van der Waals surface area contributed by atoms with Crippen LogP contribution >= 0.6 is 0 Å². The van der Waals surface area contributed by atoms with Crippen LogP contribution in [0.3, 0.4) is 0 Å². The predicted molar refractivity (Wildman–Crippen MR) is 154 cm³/mol. The van der Waals surface area contributed by atoms with Gasteiger partial charge >= 0.3 is 0 Å². The van der Waals surface area contributed by atoms with Crippen molar-refractivity contribution in [3.8, 4) is 0 Å². The summed E-state index contributed by atoms with van der Waals surface area (Å²) in [4.78, 5) is 12.6. The molecule has 0 N–H and O–H groups in total. The van der Waals surface area contributed by atoms with Crippen molar-refractivity contribution in [2.24, 2.45) is 0 Å². The zero-order valence-electron chi connectivity index (χ0n) is 22.1. The van der Waals surface area contributed by atoms with E-state index >= 15 is 0 Å². The molecule has 0 atom stereocenters. The number of benzene rings is 2. The minimum atomic E-state index is -3.18. The van der Waals surface area contributed by atoms with Crippen LogP contribution in [0.15, 0.2) is 83.9 Å². The summed E-state index contributed by atoms with van der Waals surface area (Å²) in [5.74, 6) is 1.03. The third-order valence-electron chi connectivity index (χ3n) is 8.16. The summed E-state index contributed by atoms with van der Waals surface area (Å²) in [6, 6.07) is 25.5. The molecule has 2 aromatic carbocycles. The van der Waals surface area contributed by atoms with Gasteiger partial charge in [-0.15, -0.1) is 0 Å². The van der Waals surface area contributed by atoms with E-state index in [1.54, 1.807) is 12.1 Å². The molecule has 1 saturated heterocycles. The maximum Gasteiger partial charge on any atom is 0.175 e. The van der Waals surface area contributed by atoms with Crippen LogP contribution in [0, 0.1) is 0 Å². The molecule has 38 heavy (non-hydrogen) atoms. The van der Waals surface area contributed by atoms with Crippen LogP contribution in [0.1, 0.15) is 24.4 Å². The van der Waals surface area contributed by atoms with E-state index in [1.165, 1.54) is 17.2 Å². The number of nitrogens with zero attached hydrogens (tertiary/aromatic N) is 5. The first-order valence-electron chi connectivity index (χ1n) is 13.4. The number of piperazine rings is 1. The largest absolute Gasteiger partial charge is 0.368 e. The molecule has 3 heterocycles. The fourth-order valence-corrected chi connectivity index (χ4v) is 6.36. The number of sulfone groups is 1. The van der Waals surface area contributed by atoms with E-state index in [9.17, 15) is 8.42 Å². The number of anilines is 2. The van der Waals surface area contributed by atoms with Gasteiger partial charge in [-0.25, -0.2) is 13.4 Å². The van der Waals surface area contributed by atoms with E-state index in [4.69, 9.17) is 4.98 Å². The molecule has 1 aliphatic heterocycles. The first-order chi connectivity index (χ1) is 18.3. The summed E-state index contributed by atoms with van der Waals surface area (Å²) in [7, 11) is -0.942. The minimum absolute atomic E-state index is 0.362. The fraction of sp³-hybridized carbons (Fsp3) is 0.367. The molecule has 0 spiro atoms. The van der Waals surface area contributed by atoms with Crippen LogP contribution in [0.4, 0.5) is 11.5 Å². The molecule has 4 aromatic rings. The third kappa shape index (κ3) is 5.02. The number of pyridine rings is 1. The predicted octanol–water partition coefficient (Wildman–Crippen LogP) is 4.60. The normalized spacial score (nSPS) is 20.2. The Hall–Kier alpha value is -3.36. The van der Waals surface area contributed by atoms with Crippen molar-refractivity contribution in [2.75, 3.05) is 49.3 Å². The number of fused-ring (bicyclic) bond motifs is 1. The van der Waals surface area contributed by atoms with Crippen LogP contribution in [0.2, 0.25) is 0 Å². The van der Waals surface area contributed by atoms with Crippen LogP contribution in [-0.4, -0.2) is 68.4 Å². The van der Waals surface area contributed by atoms with Gasteiger partial charge in [0.2, 0.25) is 0 Å². The van der Waals surface area contributed by atoms with Gasteiger partial charge in [0.15, 0.2) is 9.84 Å². The van der Waals surface area contributed by atoms with Crippen molar-refractivity contribution in [1.82, 2.24) is 14.5 Å². The quantitative estimate of drug-likeness (QED) is 0.349. The van der Waals surface area contributed by atoms with E-state index in [-0.39, 0.29) is 0 Å². The molecular weight excluding hydrogens is 494 g/mol. The topological polar surface area (TPSA) is 61.7 Å². The average molecular weight is 530 g/mol. The molecule has 1 saturated carbocycles. The Bertz CT molecular complexity index is 1500. The van der Waals surface area contributed by atoms with Gasteiger partial charge in [-0.1, -0.05) is 30.3 Å². The van der Waals surface area contributed by atoms with Crippen LogP contribution in [-0.2, 0) is 16.4 Å². The Kier molecular flexibility index (Phi) is 6.61. The molecule has 0 unspecified atom stereocenters. The van der Waals surface area contributed by atoms with Crippen molar-refractivity contribution >= 4 is 32.4 Å². The van der Waals surface area contributed by atoms with Gasteiger partial charge in [0.05, 0.1) is 4.90 Å². The van der Waals surface area contributed by atoms with Gasteiger partial charge in [-0.2, -0.15) is 0 Å². The molecule has 7 nitrogen and oxygen atoms in total. The molecule has 2 aliphatic rings. The number of rotatable bonds is 7. The Morgan fingerprint density at radius 3 is 2.24 bits per heavy atom. The molecule has 0 bridgehead atoms. The standard InChI is InChI=1S/C30H35N5O2S/c1-32(22-23-6-4-3-5-7-23)26-20-27(21-26)35-15-14-24-8-13-29(31-30(24)35)34-18-16-33(17-19-34)25-9-11-28(12-10-25)38(2,36)37/h3-15,26-27H,16-22H2,1-2H3. The minimum Gasteiger partial charge on any atom is -0.368 e. The Morgan fingerprint density at radius 2 is 1.55 bits per heavy atom. The second-order valence-corrected chi connectivity index (χ2v) is 12.7. The van der Waals surface area contributed by atoms with Gasteiger partial charge < -0.3 is 14.4 Å². The summed E-state index contributed by atoms with van der Waals surface area (Å²) < 4.78 is 25.9. The zero-order chi connectivity index (χ0) is 26.3. The molecule has 2 aromatic heterocycles. The lowest BCUT2D eigenvalue weighted by Gasteiger charge is -2.42. The Balaban J connectivity index is 1.09. The summed E-state index contributed by atoms with van der Waals surface area (Å²) >= 11 is 0. The van der Waals surface area contributed by atoms with Gasteiger partial charge in [0.25, 0.3) is 0 Å². The highest BCUT2D eigenvalue weighted by atomic mass is 32.2. The van der Waals surface area contributed by atoms with E-state index in [0.717, 1.165) is 62.7 Å². The van der Waals surface area contributed by atoms with Crippen LogP contribution < -0.4 is 9.80 Å². The summed E-state index contributed by atoms with van der Waals surface area (Å²) in [5.41, 5.74) is 3.50. The first kappa shape index (κ1) is 24.9. The van der Waals surface area contributed by atoms with Gasteiger partial charge in [0, 0.05) is 68.3 Å². The molecule has 1 aliphatic carbocycles. The SMILES string of the molecule is CN(Cc1ccccc1)C1CC(n2ccc3ccc(N4CCN(c5ccc(S(C)(=O)=O)cc5)CC4)nc32)C1. The monoisotopic (exact) mass is 529 g/mol. The highest BCUT2D eigenvalue weighted by Crippen LogP contribution is 2.38. The van der Waals surface area contributed by atoms with E-state index in [0.29, 0.717) is 17.0 Å². The summed E-state index contributed by atoms with van der Waals surface area (Å²) in [6.07, 6.45) is 5.75. The van der Waals surface area contributed by atoms with Crippen molar-refractivity contribution < 1.29 is 8.42 Å². The smallest absolute Gasteiger partial charge is 0.175 e. The lowest BCUT2D eigenvalue weighted by molar-refractivity contribution is 0.102. The van der Waals surface area contributed by atoms with Gasteiger partial charge in [-0.05, 0) is 67.9 Å². The molecule has 2 fully saturated rings.